The number of carboxylic acid groups (broad SMARTS) is 1. The fourth-order valence-electron chi connectivity index (χ4n) is 2.47. The van der Waals surface area contributed by atoms with E-state index in [9.17, 15) is 14.3 Å². The summed E-state index contributed by atoms with van der Waals surface area (Å²) in [6, 6.07) is 5.66. The normalized spacial score (nSPS) is 18.2. The second kappa shape index (κ2) is 6.07. The summed E-state index contributed by atoms with van der Waals surface area (Å²) in [7, 11) is 0. The van der Waals surface area contributed by atoms with Crippen LogP contribution < -0.4 is 5.32 Å². The largest absolute Gasteiger partial charge is 0.465 e. The van der Waals surface area contributed by atoms with E-state index in [0.29, 0.717) is 25.5 Å². The van der Waals surface area contributed by atoms with Gasteiger partial charge in [-0.25, -0.2) is 19.2 Å². The maximum atomic E-state index is 12.9. The summed E-state index contributed by atoms with van der Waals surface area (Å²) in [6.07, 6.45) is 2.28. The number of carbonyl (C=O) groups is 1. The molecule has 1 atom stereocenters. The van der Waals surface area contributed by atoms with Crippen molar-refractivity contribution in [2.45, 2.75) is 6.04 Å². The molecule has 1 amide bonds. The molecule has 1 aromatic carbocycles. The predicted octanol–water partition coefficient (Wildman–Crippen LogP) is 1.91. The molecule has 1 saturated heterocycles. The van der Waals surface area contributed by atoms with E-state index in [1.165, 1.54) is 17.0 Å². The highest BCUT2D eigenvalue weighted by Crippen LogP contribution is 2.22. The average molecular weight is 302 g/mol. The zero-order valence-electron chi connectivity index (χ0n) is 11.7. The highest BCUT2D eigenvalue weighted by atomic mass is 19.1. The Morgan fingerprint density at radius 3 is 2.55 bits per heavy atom. The third-order valence-corrected chi connectivity index (χ3v) is 3.64. The van der Waals surface area contributed by atoms with Gasteiger partial charge in [0.2, 0.25) is 0 Å². The lowest BCUT2D eigenvalue weighted by molar-refractivity contribution is 0.109. The van der Waals surface area contributed by atoms with Crippen molar-refractivity contribution in [2.24, 2.45) is 0 Å². The van der Waals surface area contributed by atoms with Crippen LogP contribution in [0.3, 0.4) is 0 Å². The van der Waals surface area contributed by atoms with Crippen molar-refractivity contribution >= 4 is 6.09 Å². The first-order chi connectivity index (χ1) is 10.6. The molecule has 0 bridgehead atoms. The van der Waals surface area contributed by atoms with Crippen molar-refractivity contribution in [2.75, 3.05) is 19.6 Å². The highest BCUT2D eigenvalue weighted by Gasteiger charge is 2.29. The lowest BCUT2D eigenvalue weighted by Gasteiger charge is -2.32. The van der Waals surface area contributed by atoms with Crippen molar-refractivity contribution in [3.63, 3.8) is 0 Å². The number of hydrogen-bond acceptors (Lipinski definition) is 4. The van der Waals surface area contributed by atoms with Gasteiger partial charge in [0, 0.05) is 37.6 Å². The van der Waals surface area contributed by atoms with Crippen LogP contribution in [0.5, 0.6) is 0 Å². The van der Waals surface area contributed by atoms with Crippen molar-refractivity contribution in [1.82, 2.24) is 20.2 Å². The van der Waals surface area contributed by atoms with Crippen molar-refractivity contribution < 1.29 is 14.3 Å². The number of piperazine rings is 1. The zero-order valence-corrected chi connectivity index (χ0v) is 11.7. The van der Waals surface area contributed by atoms with Gasteiger partial charge in [-0.05, 0) is 17.7 Å². The van der Waals surface area contributed by atoms with Gasteiger partial charge in [0.25, 0.3) is 0 Å². The molecular weight excluding hydrogens is 287 g/mol. The minimum Gasteiger partial charge on any atom is -0.465 e. The van der Waals surface area contributed by atoms with Crippen LogP contribution in [-0.2, 0) is 0 Å². The van der Waals surface area contributed by atoms with Crippen LogP contribution in [0.1, 0.15) is 11.9 Å². The summed E-state index contributed by atoms with van der Waals surface area (Å²) in [5.41, 5.74) is 1.57. The Morgan fingerprint density at radius 1 is 1.23 bits per heavy atom. The Hall–Kier alpha value is -2.54. The number of aromatic nitrogens is 2. The van der Waals surface area contributed by atoms with Crippen LogP contribution in [0.15, 0.2) is 36.7 Å². The molecule has 7 heteroatoms. The minimum absolute atomic E-state index is 0.299. The molecule has 22 heavy (non-hydrogen) atoms. The van der Waals surface area contributed by atoms with Gasteiger partial charge >= 0.3 is 6.09 Å². The second-order valence-corrected chi connectivity index (χ2v) is 5.03. The lowest BCUT2D eigenvalue weighted by atomic mass is 10.1. The van der Waals surface area contributed by atoms with Crippen LogP contribution in [0.25, 0.3) is 11.1 Å². The molecule has 0 radical (unpaired) electrons. The number of nitrogens with one attached hydrogen (secondary N) is 1. The van der Waals surface area contributed by atoms with Gasteiger partial charge in [-0.15, -0.1) is 0 Å². The molecule has 2 N–H and O–H groups in total. The number of benzene rings is 1. The quantitative estimate of drug-likeness (QED) is 0.886. The molecule has 6 nitrogen and oxygen atoms in total. The number of amides is 1. The first-order valence-electron chi connectivity index (χ1n) is 6.93. The molecule has 0 spiro atoms. The topological polar surface area (TPSA) is 78.4 Å². The Balaban J connectivity index is 1.84. The second-order valence-electron chi connectivity index (χ2n) is 5.03. The van der Waals surface area contributed by atoms with E-state index in [2.05, 4.69) is 15.3 Å². The fourth-order valence-corrected chi connectivity index (χ4v) is 2.47. The average Bonchev–Trinajstić information content (AvgIpc) is 2.56. The molecule has 2 aromatic rings. The standard InChI is InChI=1S/C15H15FN4O2/c16-12-3-1-10(2-4-12)11-7-18-14(19-8-11)13-9-17-5-6-20(13)15(21)22/h1-4,7-8,13,17H,5-6,9H2,(H,21,22). The third kappa shape index (κ3) is 2.89. The molecule has 1 unspecified atom stereocenters. The van der Waals surface area contributed by atoms with Gasteiger partial charge in [-0.1, -0.05) is 12.1 Å². The van der Waals surface area contributed by atoms with E-state index in [-0.39, 0.29) is 5.82 Å². The summed E-state index contributed by atoms with van der Waals surface area (Å²) in [5, 5.41) is 12.4. The first kappa shape index (κ1) is 14.4. The van der Waals surface area contributed by atoms with E-state index in [4.69, 9.17) is 0 Å². The van der Waals surface area contributed by atoms with Crippen LogP contribution in [0.4, 0.5) is 9.18 Å². The first-order valence-corrected chi connectivity index (χ1v) is 6.93. The summed E-state index contributed by atoms with van der Waals surface area (Å²) in [6.45, 7) is 1.52. The van der Waals surface area contributed by atoms with Crippen LogP contribution in [0.2, 0.25) is 0 Å². The highest BCUT2D eigenvalue weighted by molar-refractivity contribution is 5.66. The van der Waals surface area contributed by atoms with Crippen LogP contribution >= 0.6 is 0 Å². The molecule has 3 rings (SSSR count). The lowest BCUT2D eigenvalue weighted by Crippen LogP contribution is -2.48. The molecule has 1 aliphatic heterocycles. The van der Waals surface area contributed by atoms with Gasteiger partial charge in [-0.3, -0.25) is 4.90 Å². The van der Waals surface area contributed by atoms with E-state index in [0.717, 1.165) is 11.1 Å². The van der Waals surface area contributed by atoms with Crippen LogP contribution in [-0.4, -0.2) is 45.7 Å². The molecule has 2 heterocycles. The zero-order chi connectivity index (χ0) is 15.5. The minimum atomic E-state index is -0.974. The fraction of sp³-hybridized carbons (Fsp3) is 0.267. The number of nitrogens with zero attached hydrogens (tertiary/aromatic N) is 3. The van der Waals surface area contributed by atoms with Crippen molar-refractivity contribution in [3.05, 3.63) is 48.3 Å². The van der Waals surface area contributed by atoms with E-state index in [1.54, 1.807) is 24.5 Å². The van der Waals surface area contributed by atoms with Crippen molar-refractivity contribution in [3.8, 4) is 11.1 Å². The molecular formula is C15H15FN4O2. The SMILES string of the molecule is O=C(O)N1CCNCC1c1ncc(-c2ccc(F)cc2)cn1. The molecule has 0 aliphatic carbocycles. The molecule has 1 fully saturated rings. The van der Waals surface area contributed by atoms with E-state index < -0.39 is 12.1 Å². The third-order valence-electron chi connectivity index (χ3n) is 3.64. The molecule has 1 aliphatic rings. The monoisotopic (exact) mass is 302 g/mol. The van der Waals surface area contributed by atoms with Gasteiger partial charge < -0.3 is 10.4 Å². The molecule has 114 valence electrons. The molecule has 0 saturated carbocycles. The summed E-state index contributed by atoms with van der Waals surface area (Å²) >= 11 is 0. The Kier molecular flexibility index (Phi) is 3.97. The van der Waals surface area contributed by atoms with Gasteiger partial charge in [0.1, 0.15) is 11.9 Å². The predicted molar refractivity (Wildman–Crippen MR) is 77.8 cm³/mol. The summed E-state index contributed by atoms with van der Waals surface area (Å²) in [4.78, 5) is 21.2. The summed E-state index contributed by atoms with van der Waals surface area (Å²) < 4.78 is 12.9. The maximum Gasteiger partial charge on any atom is 0.408 e. The Labute approximate surface area is 126 Å². The number of rotatable bonds is 2. The maximum absolute atomic E-state index is 12.9. The Bertz CT molecular complexity index is 660. The van der Waals surface area contributed by atoms with Gasteiger partial charge in [0.05, 0.1) is 0 Å². The van der Waals surface area contributed by atoms with E-state index in [1.807, 2.05) is 0 Å². The number of hydrogen-bond donors (Lipinski definition) is 2. The van der Waals surface area contributed by atoms with E-state index >= 15 is 0 Å². The van der Waals surface area contributed by atoms with Crippen LogP contribution in [0, 0.1) is 5.82 Å². The van der Waals surface area contributed by atoms with Crippen molar-refractivity contribution in [1.29, 1.82) is 0 Å². The molecule has 1 aromatic heterocycles. The smallest absolute Gasteiger partial charge is 0.408 e. The number of halogens is 1. The Morgan fingerprint density at radius 2 is 1.91 bits per heavy atom. The van der Waals surface area contributed by atoms with Gasteiger partial charge in [0.15, 0.2) is 5.82 Å². The summed E-state index contributed by atoms with van der Waals surface area (Å²) in [5.74, 6) is 0.159. The van der Waals surface area contributed by atoms with Gasteiger partial charge in [-0.2, -0.15) is 0 Å².